The molecule has 2 atom stereocenters. The van der Waals surface area contributed by atoms with Crippen LogP contribution in [0, 0.1) is 5.41 Å². The molecule has 4 heterocycles. The van der Waals surface area contributed by atoms with Crippen LogP contribution in [0.2, 0.25) is 0 Å². The fraction of sp³-hybridized carbons (Fsp3) is 0.550. The van der Waals surface area contributed by atoms with Gasteiger partial charge in [-0.2, -0.15) is 0 Å². The van der Waals surface area contributed by atoms with Crippen molar-refractivity contribution in [3.05, 3.63) is 54.2 Å². The highest BCUT2D eigenvalue weighted by Crippen LogP contribution is 2.41. The Balaban J connectivity index is 1.40. The van der Waals surface area contributed by atoms with Gasteiger partial charge >= 0.3 is 0 Å². The SMILES string of the molecule is c1cc(COC[C@]23CCCO[C@H]2CCN(Cc2ccoc2)C3)ccn1. The zero-order chi connectivity index (χ0) is 17.0. The summed E-state index contributed by atoms with van der Waals surface area (Å²) in [4.78, 5) is 6.58. The van der Waals surface area contributed by atoms with Crippen LogP contribution in [-0.2, 0) is 22.6 Å². The summed E-state index contributed by atoms with van der Waals surface area (Å²) in [6.45, 7) is 5.32. The number of hydrogen-bond donors (Lipinski definition) is 0. The van der Waals surface area contributed by atoms with E-state index < -0.39 is 0 Å². The monoisotopic (exact) mass is 342 g/mol. The average molecular weight is 342 g/mol. The molecule has 5 heteroatoms. The molecule has 25 heavy (non-hydrogen) atoms. The molecule has 5 nitrogen and oxygen atoms in total. The number of likely N-dealkylation sites (tertiary alicyclic amines) is 1. The summed E-state index contributed by atoms with van der Waals surface area (Å²) in [6.07, 6.45) is 10.9. The molecule has 4 rings (SSSR count). The molecule has 2 aliphatic rings. The van der Waals surface area contributed by atoms with Gasteiger partial charge in [-0.05, 0) is 43.0 Å². The van der Waals surface area contributed by atoms with Crippen molar-refractivity contribution in [3.8, 4) is 0 Å². The number of hydrogen-bond acceptors (Lipinski definition) is 5. The summed E-state index contributed by atoms with van der Waals surface area (Å²) in [5.74, 6) is 0. The van der Waals surface area contributed by atoms with Gasteiger partial charge in [-0.25, -0.2) is 0 Å². The van der Waals surface area contributed by atoms with E-state index in [4.69, 9.17) is 13.9 Å². The lowest BCUT2D eigenvalue weighted by molar-refractivity contribution is -0.155. The molecule has 2 saturated heterocycles. The molecule has 0 radical (unpaired) electrons. The van der Waals surface area contributed by atoms with E-state index in [0.717, 1.165) is 45.7 Å². The van der Waals surface area contributed by atoms with Gasteiger partial charge in [0.15, 0.2) is 0 Å². The molecular formula is C20H26N2O3. The number of rotatable bonds is 6. The Labute approximate surface area is 148 Å². The van der Waals surface area contributed by atoms with Crippen molar-refractivity contribution in [1.29, 1.82) is 0 Å². The molecule has 0 bridgehead atoms. The molecule has 2 aliphatic heterocycles. The molecule has 2 fully saturated rings. The molecule has 0 aliphatic carbocycles. The minimum absolute atomic E-state index is 0.104. The molecule has 2 aromatic heterocycles. The van der Waals surface area contributed by atoms with E-state index in [0.29, 0.717) is 12.7 Å². The Morgan fingerprint density at radius 3 is 3.00 bits per heavy atom. The van der Waals surface area contributed by atoms with Crippen LogP contribution < -0.4 is 0 Å². The van der Waals surface area contributed by atoms with E-state index in [1.54, 1.807) is 6.26 Å². The van der Waals surface area contributed by atoms with Gasteiger partial charge in [0.05, 0.1) is 31.8 Å². The molecule has 2 aromatic rings. The van der Waals surface area contributed by atoms with Gasteiger partial charge in [-0.15, -0.1) is 0 Å². The minimum atomic E-state index is 0.104. The highest BCUT2D eigenvalue weighted by Gasteiger charge is 2.46. The number of nitrogens with zero attached hydrogens (tertiary/aromatic N) is 2. The van der Waals surface area contributed by atoms with Gasteiger partial charge in [0.25, 0.3) is 0 Å². The highest BCUT2D eigenvalue weighted by molar-refractivity contribution is 5.09. The lowest BCUT2D eigenvalue weighted by Crippen LogP contribution is -2.56. The Morgan fingerprint density at radius 2 is 2.16 bits per heavy atom. The summed E-state index contributed by atoms with van der Waals surface area (Å²) < 4.78 is 17.5. The first-order valence-corrected chi connectivity index (χ1v) is 9.16. The number of aromatic nitrogens is 1. The Hall–Kier alpha value is -1.69. The van der Waals surface area contributed by atoms with Crippen LogP contribution in [0.5, 0.6) is 0 Å². The lowest BCUT2D eigenvalue weighted by Gasteiger charge is -2.50. The second-order valence-electron chi connectivity index (χ2n) is 7.30. The van der Waals surface area contributed by atoms with Crippen LogP contribution in [0.4, 0.5) is 0 Å². The standard InChI is InChI=1S/C20H26N2O3/c1-6-20(16-24-13-17-2-7-21-8-3-17)15-22(9-4-19(20)25-10-1)12-18-5-11-23-14-18/h2-3,5,7-8,11,14,19H,1,4,6,9-10,12-13,15-16H2/t19-,20+/m0/s1. The van der Waals surface area contributed by atoms with Crippen molar-refractivity contribution in [2.75, 3.05) is 26.3 Å². The summed E-state index contributed by atoms with van der Waals surface area (Å²) in [7, 11) is 0. The maximum Gasteiger partial charge on any atom is 0.0947 e. The van der Waals surface area contributed by atoms with Gasteiger partial charge in [0, 0.05) is 49.6 Å². The molecule has 134 valence electrons. The quantitative estimate of drug-likeness (QED) is 0.806. The van der Waals surface area contributed by atoms with Gasteiger partial charge in [-0.1, -0.05) is 0 Å². The topological polar surface area (TPSA) is 47.7 Å². The van der Waals surface area contributed by atoms with E-state index >= 15 is 0 Å². The van der Waals surface area contributed by atoms with Crippen LogP contribution in [0.25, 0.3) is 0 Å². The average Bonchev–Trinajstić information content (AvgIpc) is 3.15. The normalized spacial score (nSPS) is 27.1. The summed E-state index contributed by atoms with van der Waals surface area (Å²) >= 11 is 0. The minimum Gasteiger partial charge on any atom is -0.472 e. The van der Waals surface area contributed by atoms with Crippen LogP contribution in [0.3, 0.4) is 0 Å². The smallest absolute Gasteiger partial charge is 0.0947 e. The first-order valence-electron chi connectivity index (χ1n) is 9.16. The maximum atomic E-state index is 6.15. The number of fused-ring (bicyclic) bond motifs is 1. The fourth-order valence-electron chi connectivity index (χ4n) is 4.22. The van der Waals surface area contributed by atoms with Crippen molar-refractivity contribution >= 4 is 0 Å². The van der Waals surface area contributed by atoms with Gasteiger partial charge in [0.2, 0.25) is 0 Å². The molecule has 0 unspecified atom stereocenters. The van der Waals surface area contributed by atoms with E-state index in [9.17, 15) is 0 Å². The number of pyridine rings is 1. The zero-order valence-corrected chi connectivity index (χ0v) is 14.6. The van der Waals surface area contributed by atoms with Crippen molar-refractivity contribution in [1.82, 2.24) is 9.88 Å². The van der Waals surface area contributed by atoms with Crippen molar-refractivity contribution in [3.63, 3.8) is 0 Å². The maximum absolute atomic E-state index is 6.15. The van der Waals surface area contributed by atoms with Crippen molar-refractivity contribution < 1.29 is 13.9 Å². The number of ether oxygens (including phenoxy) is 2. The molecular weight excluding hydrogens is 316 g/mol. The third-order valence-corrected chi connectivity index (χ3v) is 5.46. The van der Waals surface area contributed by atoms with Gasteiger partial charge in [-0.3, -0.25) is 9.88 Å². The van der Waals surface area contributed by atoms with Crippen molar-refractivity contribution in [2.24, 2.45) is 5.41 Å². The predicted octanol–water partition coefficient (Wildman–Crippen LogP) is 3.26. The van der Waals surface area contributed by atoms with Gasteiger partial charge < -0.3 is 13.9 Å². The van der Waals surface area contributed by atoms with E-state index in [2.05, 4.69) is 16.0 Å². The van der Waals surface area contributed by atoms with Crippen LogP contribution in [0.15, 0.2) is 47.5 Å². The predicted molar refractivity (Wildman–Crippen MR) is 93.9 cm³/mol. The zero-order valence-electron chi connectivity index (χ0n) is 14.6. The summed E-state index contributed by atoms with van der Waals surface area (Å²) in [6, 6.07) is 6.08. The fourth-order valence-corrected chi connectivity index (χ4v) is 4.22. The molecule has 0 N–H and O–H groups in total. The van der Waals surface area contributed by atoms with Gasteiger partial charge in [0.1, 0.15) is 0 Å². The summed E-state index contributed by atoms with van der Waals surface area (Å²) in [5.41, 5.74) is 2.52. The number of furan rings is 1. The molecule has 0 saturated carbocycles. The van der Waals surface area contributed by atoms with Crippen molar-refractivity contribution in [2.45, 2.75) is 38.5 Å². The third-order valence-electron chi connectivity index (χ3n) is 5.46. The second kappa shape index (κ2) is 7.68. The Kier molecular flexibility index (Phi) is 5.15. The molecule has 0 spiro atoms. The van der Waals surface area contributed by atoms with Crippen LogP contribution in [0.1, 0.15) is 30.4 Å². The Morgan fingerprint density at radius 1 is 1.24 bits per heavy atom. The largest absolute Gasteiger partial charge is 0.472 e. The van der Waals surface area contributed by atoms with E-state index in [1.165, 1.54) is 17.5 Å². The molecule has 0 amide bonds. The number of piperidine rings is 1. The Bertz CT molecular complexity index is 646. The highest BCUT2D eigenvalue weighted by atomic mass is 16.5. The summed E-state index contributed by atoms with van der Waals surface area (Å²) in [5, 5.41) is 0. The first-order chi connectivity index (χ1) is 12.3. The second-order valence-corrected chi connectivity index (χ2v) is 7.30. The lowest BCUT2D eigenvalue weighted by atomic mass is 9.73. The first kappa shape index (κ1) is 16.8. The van der Waals surface area contributed by atoms with E-state index in [1.807, 2.05) is 30.8 Å². The third kappa shape index (κ3) is 3.94. The van der Waals surface area contributed by atoms with Crippen LogP contribution >= 0.6 is 0 Å². The molecule has 0 aromatic carbocycles. The van der Waals surface area contributed by atoms with E-state index in [-0.39, 0.29) is 5.41 Å². The van der Waals surface area contributed by atoms with Crippen LogP contribution in [-0.4, -0.2) is 42.3 Å².